The van der Waals surface area contributed by atoms with Crippen molar-refractivity contribution in [3.05, 3.63) is 30.3 Å². The van der Waals surface area contributed by atoms with Gasteiger partial charge in [-0.05, 0) is 19.1 Å². The molecule has 2 rings (SSSR count). The van der Waals surface area contributed by atoms with Crippen LogP contribution >= 0.6 is 0 Å². The Kier molecular flexibility index (Phi) is 7.23. The fourth-order valence-corrected chi connectivity index (χ4v) is 2.64. The molecule has 2 unspecified atom stereocenters. The van der Waals surface area contributed by atoms with Crippen LogP contribution < -0.4 is 10.1 Å². The molecule has 1 heterocycles. The highest BCUT2D eigenvalue weighted by Gasteiger charge is 2.34. The van der Waals surface area contributed by atoms with E-state index < -0.39 is 6.10 Å². The first-order valence-electron chi connectivity index (χ1n) is 8.77. The van der Waals surface area contributed by atoms with Gasteiger partial charge in [0.25, 0.3) is 0 Å². The zero-order valence-electron chi connectivity index (χ0n) is 15.9. The normalized spacial score (nSPS) is 20.7. The number of ether oxygens (including phenoxy) is 1. The number of aliphatic imine (C=N–C) groups is 1. The van der Waals surface area contributed by atoms with E-state index in [4.69, 9.17) is 4.74 Å². The van der Waals surface area contributed by atoms with Crippen LogP contribution in [0.1, 0.15) is 6.92 Å². The Morgan fingerprint density at radius 2 is 1.92 bits per heavy atom. The average Bonchev–Trinajstić information content (AvgIpc) is 2.66. The van der Waals surface area contributed by atoms with Crippen LogP contribution in [0.5, 0.6) is 5.75 Å². The van der Waals surface area contributed by atoms with Crippen molar-refractivity contribution < 1.29 is 14.6 Å². The maximum absolute atomic E-state index is 12.0. The Balaban J connectivity index is 1.70. The molecule has 2 amide bonds. The first-order valence-corrected chi connectivity index (χ1v) is 8.77. The minimum Gasteiger partial charge on any atom is -0.491 e. The number of benzene rings is 1. The molecule has 0 aliphatic carbocycles. The average molecular weight is 363 g/mol. The van der Waals surface area contributed by atoms with E-state index in [1.165, 1.54) is 5.01 Å². The molecule has 1 aromatic rings. The predicted octanol–water partition coefficient (Wildman–Crippen LogP) is 0.647. The summed E-state index contributed by atoms with van der Waals surface area (Å²) in [5, 5.41) is 16.4. The summed E-state index contributed by atoms with van der Waals surface area (Å²) in [6.45, 7) is 3.82. The van der Waals surface area contributed by atoms with E-state index in [1.54, 1.807) is 24.0 Å². The summed E-state index contributed by atoms with van der Waals surface area (Å²) in [7, 11) is 5.33. The van der Waals surface area contributed by atoms with Crippen LogP contribution in [0.25, 0.3) is 0 Å². The van der Waals surface area contributed by atoms with E-state index in [0.717, 1.165) is 11.6 Å². The number of carbonyl (C=O) groups is 1. The van der Waals surface area contributed by atoms with Gasteiger partial charge in [0, 0.05) is 34.2 Å². The van der Waals surface area contributed by atoms with E-state index >= 15 is 0 Å². The van der Waals surface area contributed by atoms with Crippen LogP contribution in [-0.2, 0) is 0 Å². The number of urea groups is 1. The minimum atomic E-state index is -0.589. The SMILES string of the molecule is CC1C(=NCCNCC(O)COc2ccccc2)N(C)N(C)C(=O)N1C. The Bertz CT molecular complexity index is 590. The van der Waals surface area contributed by atoms with E-state index in [2.05, 4.69) is 10.3 Å². The summed E-state index contributed by atoms with van der Waals surface area (Å²) in [4.78, 5) is 18.3. The van der Waals surface area contributed by atoms with Crippen molar-refractivity contribution in [2.24, 2.45) is 4.99 Å². The molecule has 0 aromatic heterocycles. The van der Waals surface area contributed by atoms with Crippen molar-refractivity contribution >= 4 is 11.9 Å². The minimum absolute atomic E-state index is 0.0568. The topological polar surface area (TPSA) is 80.6 Å². The van der Waals surface area contributed by atoms with Crippen LogP contribution in [0.3, 0.4) is 0 Å². The summed E-state index contributed by atoms with van der Waals surface area (Å²) >= 11 is 0. The van der Waals surface area contributed by atoms with Gasteiger partial charge < -0.3 is 20.1 Å². The maximum Gasteiger partial charge on any atom is 0.338 e. The Morgan fingerprint density at radius 3 is 2.62 bits per heavy atom. The molecule has 8 nitrogen and oxygen atoms in total. The Morgan fingerprint density at radius 1 is 1.23 bits per heavy atom. The second kappa shape index (κ2) is 9.40. The second-order valence-electron chi connectivity index (χ2n) is 6.34. The van der Waals surface area contributed by atoms with Crippen molar-refractivity contribution in [1.29, 1.82) is 0 Å². The van der Waals surface area contributed by atoms with E-state index in [1.807, 2.05) is 44.3 Å². The number of para-hydroxylation sites is 1. The lowest BCUT2D eigenvalue weighted by Gasteiger charge is -2.43. The van der Waals surface area contributed by atoms with Crippen LogP contribution in [0, 0.1) is 0 Å². The largest absolute Gasteiger partial charge is 0.491 e. The lowest BCUT2D eigenvalue weighted by molar-refractivity contribution is 0.0679. The first-order chi connectivity index (χ1) is 12.4. The lowest BCUT2D eigenvalue weighted by Crippen LogP contribution is -2.62. The van der Waals surface area contributed by atoms with Crippen LogP contribution in [0.15, 0.2) is 35.3 Å². The summed E-state index contributed by atoms with van der Waals surface area (Å²) < 4.78 is 5.51. The quantitative estimate of drug-likeness (QED) is 0.663. The molecule has 1 aromatic carbocycles. The summed E-state index contributed by atoms with van der Waals surface area (Å²) in [6.07, 6.45) is -0.589. The highest BCUT2D eigenvalue weighted by Crippen LogP contribution is 2.14. The highest BCUT2D eigenvalue weighted by molar-refractivity contribution is 5.94. The zero-order valence-corrected chi connectivity index (χ0v) is 15.9. The van der Waals surface area contributed by atoms with E-state index in [0.29, 0.717) is 19.6 Å². The number of hydrogen-bond donors (Lipinski definition) is 2. The number of likely N-dealkylation sites (N-methyl/N-ethyl adjacent to an activating group) is 2. The van der Waals surface area contributed by atoms with Gasteiger partial charge in [-0.15, -0.1) is 0 Å². The Hall–Kier alpha value is -2.32. The predicted molar refractivity (Wildman–Crippen MR) is 101 cm³/mol. The number of aliphatic hydroxyl groups excluding tert-OH is 1. The summed E-state index contributed by atoms with van der Waals surface area (Å²) in [6, 6.07) is 9.29. The number of amides is 2. The van der Waals surface area contributed by atoms with Crippen molar-refractivity contribution in [2.75, 3.05) is 47.4 Å². The van der Waals surface area contributed by atoms with E-state index in [9.17, 15) is 9.90 Å². The maximum atomic E-state index is 12.0. The van der Waals surface area contributed by atoms with Gasteiger partial charge in [-0.25, -0.2) is 9.80 Å². The number of amidine groups is 1. The van der Waals surface area contributed by atoms with Gasteiger partial charge >= 0.3 is 6.03 Å². The van der Waals surface area contributed by atoms with Gasteiger partial charge in [0.15, 0.2) is 0 Å². The number of aliphatic hydroxyl groups is 1. The van der Waals surface area contributed by atoms with E-state index in [-0.39, 0.29) is 18.7 Å². The molecule has 0 bridgehead atoms. The molecule has 1 aliphatic heterocycles. The molecule has 2 N–H and O–H groups in total. The van der Waals surface area contributed by atoms with Crippen molar-refractivity contribution in [2.45, 2.75) is 19.1 Å². The van der Waals surface area contributed by atoms with Crippen molar-refractivity contribution in [3.63, 3.8) is 0 Å². The smallest absolute Gasteiger partial charge is 0.338 e. The molecule has 1 aliphatic rings. The zero-order chi connectivity index (χ0) is 19.1. The van der Waals surface area contributed by atoms with Gasteiger partial charge in [-0.2, -0.15) is 0 Å². The van der Waals surface area contributed by atoms with Gasteiger partial charge in [0.1, 0.15) is 24.3 Å². The lowest BCUT2D eigenvalue weighted by atomic mass is 10.2. The number of rotatable bonds is 8. The molecule has 2 atom stereocenters. The molecule has 144 valence electrons. The standard InChI is InChI=1S/C18H29N5O3/c1-14-17(22(3)23(4)18(25)21(14)2)20-11-10-19-12-15(24)13-26-16-8-6-5-7-9-16/h5-9,14-15,19,24H,10-13H2,1-4H3. The number of nitrogens with one attached hydrogen (secondary N) is 1. The molecule has 0 saturated carbocycles. The molecular formula is C18H29N5O3. The van der Waals surface area contributed by atoms with Gasteiger partial charge in [0.05, 0.1) is 12.6 Å². The number of hydrogen-bond acceptors (Lipinski definition) is 5. The third kappa shape index (κ3) is 5.09. The second-order valence-corrected chi connectivity index (χ2v) is 6.34. The van der Waals surface area contributed by atoms with Crippen molar-refractivity contribution in [3.8, 4) is 5.75 Å². The molecule has 1 saturated heterocycles. The van der Waals surface area contributed by atoms with Crippen molar-refractivity contribution in [1.82, 2.24) is 20.2 Å². The Labute approximate surface area is 155 Å². The van der Waals surface area contributed by atoms with Crippen LogP contribution in [0.2, 0.25) is 0 Å². The van der Waals surface area contributed by atoms with Gasteiger partial charge in [-0.3, -0.25) is 10.0 Å². The number of carbonyl (C=O) groups excluding carboxylic acids is 1. The third-order valence-electron chi connectivity index (χ3n) is 4.44. The first kappa shape index (κ1) is 20.0. The number of hydrazine groups is 1. The molecule has 1 fully saturated rings. The molecular weight excluding hydrogens is 334 g/mol. The van der Waals surface area contributed by atoms with Crippen LogP contribution in [-0.4, -0.2) is 91.4 Å². The molecule has 0 radical (unpaired) electrons. The molecule has 0 spiro atoms. The van der Waals surface area contributed by atoms with Gasteiger partial charge in [0.2, 0.25) is 0 Å². The third-order valence-corrected chi connectivity index (χ3v) is 4.44. The monoisotopic (exact) mass is 363 g/mol. The fourth-order valence-electron chi connectivity index (χ4n) is 2.64. The number of nitrogens with zero attached hydrogens (tertiary/aromatic N) is 4. The molecule has 26 heavy (non-hydrogen) atoms. The van der Waals surface area contributed by atoms with Gasteiger partial charge in [-0.1, -0.05) is 18.2 Å². The summed E-state index contributed by atoms with van der Waals surface area (Å²) in [5.74, 6) is 1.58. The summed E-state index contributed by atoms with van der Waals surface area (Å²) in [5.41, 5.74) is 0. The molecule has 8 heteroatoms. The highest BCUT2D eigenvalue weighted by atomic mass is 16.5. The van der Waals surface area contributed by atoms with Crippen LogP contribution in [0.4, 0.5) is 4.79 Å². The fraction of sp³-hybridized carbons (Fsp3) is 0.556.